The molecule has 0 aliphatic heterocycles. The second-order valence-corrected chi connectivity index (χ2v) is 3.71. The van der Waals surface area contributed by atoms with Gasteiger partial charge < -0.3 is 9.84 Å². The Kier molecular flexibility index (Phi) is 3.87. The van der Waals surface area contributed by atoms with E-state index in [1.807, 2.05) is 24.3 Å². The summed E-state index contributed by atoms with van der Waals surface area (Å²) in [7, 11) is 1.59. The van der Waals surface area contributed by atoms with Crippen molar-refractivity contribution in [2.45, 2.75) is 0 Å². The summed E-state index contributed by atoms with van der Waals surface area (Å²) in [6.45, 7) is 0. The summed E-state index contributed by atoms with van der Waals surface area (Å²) in [4.78, 5) is 18.9. The Morgan fingerprint density at radius 1 is 1.37 bits per heavy atom. The number of benzene rings is 1. The van der Waals surface area contributed by atoms with Gasteiger partial charge in [0.05, 0.1) is 12.8 Å². The molecule has 0 fully saturated rings. The predicted octanol–water partition coefficient (Wildman–Crippen LogP) is 2.25. The van der Waals surface area contributed by atoms with Crippen molar-refractivity contribution in [2.24, 2.45) is 0 Å². The number of nitrogens with zero attached hydrogens (tertiary/aromatic N) is 2. The minimum atomic E-state index is -1.01. The molecule has 0 aliphatic rings. The number of hydrogen-bond donors (Lipinski definition) is 1. The molecule has 0 saturated heterocycles. The highest BCUT2D eigenvalue weighted by molar-refractivity contribution is 5.84. The molecular weight excluding hydrogens is 244 g/mol. The van der Waals surface area contributed by atoms with Crippen LogP contribution in [0, 0.1) is 0 Å². The molecule has 0 unspecified atom stereocenters. The van der Waals surface area contributed by atoms with E-state index in [1.165, 1.54) is 6.08 Å². The molecule has 0 atom stereocenters. The third-order valence-electron chi connectivity index (χ3n) is 2.40. The fourth-order valence-corrected chi connectivity index (χ4v) is 1.52. The van der Waals surface area contributed by atoms with Gasteiger partial charge in [-0.1, -0.05) is 12.1 Å². The molecule has 1 aromatic carbocycles. The molecule has 96 valence electrons. The number of carboxylic acids is 1. The van der Waals surface area contributed by atoms with Crippen molar-refractivity contribution in [1.29, 1.82) is 0 Å². The maximum Gasteiger partial charge on any atom is 0.328 e. The Morgan fingerprint density at radius 3 is 2.95 bits per heavy atom. The molecule has 0 bridgehead atoms. The van der Waals surface area contributed by atoms with Crippen molar-refractivity contribution in [3.8, 4) is 17.1 Å². The zero-order valence-electron chi connectivity index (χ0n) is 10.3. The Bertz CT molecular complexity index is 624. The maximum atomic E-state index is 10.5. The van der Waals surface area contributed by atoms with E-state index in [9.17, 15) is 4.79 Å². The van der Waals surface area contributed by atoms with Crippen LogP contribution >= 0.6 is 0 Å². The summed E-state index contributed by atoms with van der Waals surface area (Å²) in [6.07, 6.45) is 4.05. The zero-order valence-corrected chi connectivity index (χ0v) is 10.3. The molecule has 1 heterocycles. The lowest BCUT2D eigenvalue weighted by Gasteiger charge is -2.03. The van der Waals surface area contributed by atoms with E-state index in [0.717, 1.165) is 11.6 Å². The van der Waals surface area contributed by atoms with Crippen molar-refractivity contribution < 1.29 is 14.6 Å². The van der Waals surface area contributed by atoms with Crippen molar-refractivity contribution >= 4 is 12.0 Å². The Labute approximate surface area is 110 Å². The van der Waals surface area contributed by atoms with Gasteiger partial charge in [0.15, 0.2) is 5.82 Å². The van der Waals surface area contributed by atoms with Gasteiger partial charge >= 0.3 is 5.97 Å². The molecule has 2 aromatic rings. The fourth-order valence-electron chi connectivity index (χ4n) is 1.52. The summed E-state index contributed by atoms with van der Waals surface area (Å²) in [5, 5.41) is 8.58. The van der Waals surface area contributed by atoms with Gasteiger partial charge in [0, 0.05) is 17.8 Å². The van der Waals surface area contributed by atoms with Crippen molar-refractivity contribution in [2.75, 3.05) is 7.11 Å². The Morgan fingerprint density at radius 2 is 2.21 bits per heavy atom. The molecule has 5 heteroatoms. The van der Waals surface area contributed by atoms with Gasteiger partial charge in [-0.15, -0.1) is 0 Å². The van der Waals surface area contributed by atoms with Gasteiger partial charge in [0.25, 0.3) is 0 Å². The van der Waals surface area contributed by atoms with Crippen molar-refractivity contribution in [1.82, 2.24) is 9.97 Å². The normalized spacial score (nSPS) is 10.6. The van der Waals surface area contributed by atoms with Crippen molar-refractivity contribution in [3.05, 3.63) is 48.3 Å². The molecule has 1 N–H and O–H groups in total. The number of ether oxygens (including phenoxy) is 1. The van der Waals surface area contributed by atoms with Crippen LogP contribution < -0.4 is 4.74 Å². The third-order valence-corrected chi connectivity index (χ3v) is 2.40. The Hall–Kier alpha value is -2.69. The van der Waals surface area contributed by atoms with E-state index < -0.39 is 5.97 Å². The van der Waals surface area contributed by atoms with E-state index in [2.05, 4.69) is 9.97 Å². The highest BCUT2D eigenvalue weighted by atomic mass is 16.5. The summed E-state index contributed by atoms with van der Waals surface area (Å²) >= 11 is 0. The lowest BCUT2D eigenvalue weighted by atomic mass is 10.2. The number of rotatable bonds is 4. The quantitative estimate of drug-likeness (QED) is 0.849. The highest BCUT2D eigenvalue weighted by Crippen LogP contribution is 2.20. The van der Waals surface area contributed by atoms with Crippen LogP contribution in [-0.4, -0.2) is 28.2 Å². The lowest BCUT2D eigenvalue weighted by molar-refractivity contribution is -0.131. The van der Waals surface area contributed by atoms with Crippen molar-refractivity contribution in [3.63, 3.8) is 0 Å². The van der Waals surface area contributed by atoms with Crippen LogP contribution in [0.1, 0.15) is 5.69 Å². The molecule has 1 aromatic heterocycles. The average Bonchev–Trinajstić information content (AvgIpc) is 2.45. The molecule has 0 spiro atoms. The molecule has 19 heavy (non-hydrogen) atoms. The van der Waals surface area contributed by atoms with E-state index in [-0.39, 0.29) is 0 Å². The smallest absolute Gasteiger partial charge is 0.328 e. The average molecular weight is 256 g/mol. The second-order valence-electron chi connectivity index (χ2n) is 3.71. The molecular formula is C14H12N2O3. The predicted molar refractivity (Wildman–Crippen MR) is 70.7 cm³/mol. The topological polar surface area (TPSA) is 72.3 Å². The minimum Gasteiger partial charge on any atom is -0.497 e. The van der Waals surface area contributed by atoms with E-state index >= 15 is 0 Å². The number of hydrogen-bond acceptors (Lipinski definition) is 4. The first-order chi connectivity index (χ1) is 9.19. The molecule has 0 aliphatic carbocycles. The summed E-state index contributed by atoms with van der Waals surface area (Å²) in [5.74, 6) is 0.223. The summed E-state index contributed by atoms with van der Waals surface area (Å²) in [5.41, 5.74) is 1.35. The first-order valence-electron chi connectivity index (χ1n) is 5.57. The number of aromatic nitrogens is 2. The lowest BCUT2D eigenvalue weighted by Crippen LogP contribution is -1.92. The number of carboxylic acid groups (broad SMARTS) is 1. The largest absolute Gasteiger partial charge is 0.497 e. The number of aliphatic carboxylic acids is 1. The SMILES string of the molecule is COc1cccc(-c2nccc(/C=C/C(=O)O)n2)c1. The highest BCUT2D eigenvalue weighted by Gasteiger charge is 2.03. The first-order valence-corrected chi connectivity index (χ1v) is 5.57. The van der Waals surface area contributed by atoms with E-state index in [1.54, 1.807) is 19.4 Å². The van der Waals surface area contributed by atoms with Gasteiger partial charge in [-0.05, 0) is 24.3 Å². The van der Waals surface area contributed by atoms with Gasteiger partial charge in [0.2, 0.25) is 0 Å². The van der Waals surface area contributed by atoms with Gasteiger partial charge in [-0.2, -0.15) is 0 Å². The third kappa shape index (κ3) is 3.38. The van der Waals surface area contributed by atoms with Gasteiger partial charge in [-0.25, -0.2) is 14.8 Å². The molecule has 0 amide bonds. The zero-order chi connectivity index (χ0) is 13.7. The monoisotopic (exact) mass is 256 g/mol. The van der Waals surface area contributed by atoms with Crippen LogP contribution in [-0.2, 0) is 4.79 Å². The van der Waals surface area contributed by atoms with E-state index in [4.69, 9.17) is 9.84 Å². The molecule has 2 rings (SSSR count). The Balaban J connectivity index is 2.34. The van der Waals surface area contributed by atoms with Gasteiger partial charge in [0.1, 0.15) is 5.75 Å². The van der Waals surface area contributed by atoms with Crippen LogP contribution in [0.15, 0.2) is 42.6 Å². The molecule has 0 radical (unpaired) electrons. The van der Waals surface area contributed by atoms with Gasteiger partial charge in [-0.3, -0.25) is 0 Å². The van der Waals surface area contributed by atoms with E-state index in [0.29, 0.717) is 17.3 Å². The maximum absolute atomic E-state index is 10.5. The van der Waals surface area contributed by atoms with Crippen LogP contribution in [0.2, 0.25) is 0 Å². The number of methoxy groups -OCH3 is 1. The van der Waals surface area contributed by atoms with Crippen LogP contribution in [0.25, 0.3) is 17.5 Å². The van der Waals surface area contributed by atoms with Crippen LogP contribution in [0.3, 0.4) is 0 Å². The van der Waals surface area contributed by atoms with Crippen LogP contribution in [0.4, 0.5) is 0 Å². The standard InChI is InChI=1S/C14H12N2O3/c1-19-12-4-2-3-10(9-12)14-15-8-7-11(16-14)5-6-13(17)18/h2-9H,1H3,(H,17,18)/b6-5+. The minimum absolute atomic E-state index is 0.520. The van der Waals surface area contributed by atoms with Crippen LogP contribution in [0.5, 0.6) is 5.75 Å². The summed E-state index contributed by atoms with van der Waals surface area (Å²) in [6, 6.07) is 9.00. The molecule has 0 saturated carbocycles. The number of carbonyl (C=O) groups is 1. The fraction of sp³-hybridized carbons (Fsp3) is 0.0714. The second kappa shape index (κ2) is 5.77. The first kappa shape index (κ1) is 12.8. The molecule has 5 nitrogen and oxygen atoms in total. The summed E-state index contributed by atoms with van der Waals surface area (Å²) < 4.78 is 5.14.